The summed E-state index contributed by atoms with van der Waals surface area (Å²) in [7, 11) is 0. The van der Waals surface area contributed by atoms with Crippen molar-refractivity contribution in [2.45, 2.75) is 72.6 Å². The van der Waals surface area contributed by atoms with E-state index in [9.17, 15) is 0 Å². The predicted octanol–water partition coefficient (Wildman–Crippen LogP) is 5.59. The minimum Gasteiger partial charge on any atom is -0.0854 e. The summed E-state index contributed by atoms with van der Waals surface area (Å²) in [6.07, 6.45) is 14.4. The lowest BCUT2D eigenvalue weighted by Gasteiger charge is -2.12. The first-order valence-corrected chi connectivity index (χ1v) is 6.92. The lowest BCUT2D eigenvalue weighted by atomic mass is 9.94. The Morgan fingerprint density at radius 2 is 1.47 bits per heavy atom. The predicted molar refractivity (Wildman–Crippen MR) is 71.1 cm³/mol. The molecule has 90 valence electrons. The molecule has 15 heavy (non-hydrogen) atoms. The molecule has 0 aliphatic rings. The molecule has 0 spiro atoms. The molecule has 0 aliphatic heterocycles. The van der Waals surface area contributed by atoms with Gasteiger partial charge in [-0.3, -0.25) is 0 Å². The molecule has 0 rings (SSSR count). The minimum atomic E-state index is 0.774. The highest BCUT2D eigenvalue weighted by molar-refractivity contribution is 4.91. The average Bonchev–Trinajstić information content (AvgIpc) is 2.22. The summed E-state index contributed by atoms with van der Waals surface area (Å²) in [6.45, 7) is 9.18. The van der Waals surface area contributed by atoms with Crippen LogP contribution in [-0.4, -0.2) is 0 Å². The summed E-state index contributed by atoms with van der Waals surface area (Å²) in [5.74, 6) is 1.62. The molecule has 0 saturated carbocycles. The van der Waals surface area contributed by atoms with Crippen molar-refractivity contribution in [3.63, 3.8) is 0 Å². The van der Waals surface area contributed by atoms with Crippen LogP contribution in [0.4, 0.5) is 0 Å². The maximum atomic E-state index is 2.49. The van der Waals surface area contributed by atoms with Crippen LogP contribution in [0, 0.1) is 11.8 Å². The molecule has 0 N–H and O–H groups in total. The van der Waals surface area contributed by atoms with Crippen molar-refractivity contribution >= 4 is 0 Å². The van der Waals surface area contributed by atoms with Gasteiger partial charge in [-0.15, -0.1) is 0 Å². The third kappa shape index (κ3) is 8.72. The van der Waals surface area contributed by atoms with Crippen LogP contribution < -0.4 is 0 Å². The van der Waals surface area contributed by atoms with Crippen LogP contribution in [0.5, 0.6) is 0 Å². The van der Waals surface area contributed by atoms with E-state index in [0.29, 0.717) is 0 Å². The first kappa shape index (κ1) is 14.7. The summed E-state index contributed by atoms with van der Waals surface area (Å²) in [5.41, 5.74) is 0. The molecule has 0 aromatic rings. The molecule has 0 nitrogen and oxygen atoms in total. The van der Waals surface area contributed by atoms with E-state index in [4.69, 9.17) is 0 Å². The Balaban J connectivity index is 3.90. The molecule has 0 heterocycles. The third-order valence-electron chi connectivity index (χ3n) is 3.04. The number of allylic oxidation sites excluding steroid dienone is 2. The van der Waals surface area contributed by atoms with Crippen molar-refractivity contribution in [1.29, 1.82) is 0 Å². The Labute approximate surface area is 97.2 Å². The summed E-state index contributed by atoms with van der Waals surface area (Å²) in [4.78, 5) is 0. The van der Waals surface area contributed by atoms with Crippen molar-refractivity contribution < 1.29 is 0 Å². The highest BCUT2D eigenvalue weighted by atomic mass is 14.1. The summed E-state index contributed by atoms with van der Waals surface area (Å²) in [6, 6.07) is 0. The Bertz CT molecular complexity index is 146. The minimum absolute atomic E-state index is 0.774. The van der Waals surface area contributed by atoms with Gasteiger partial charge in [0.05, 0.1) is 0 Å². The second-order valence-corrected chi connectivity index (χ2v) is 4.84. The summed E-state index contributed by atoms with van der Waals surface area (Å²) < 4.78 is 0. The van der Waals surface area contributed by atoms with Crippen molar-refractivity contribution in [2.75, 3.05) is 0 Å². The Kier molecular flexibility index (Phi) is 10.1. The van der Waals surface area contributed by atoms with Crippen LogP contribution in [0.3, 0.4) is 0 Å². The molecular weight excluding hydrogens is 180 g/mol. The summed E-state index contributed by atoms with van der Waals surface area (Å²) in [5, 5.41) is 0. The molecular formula is C15H30. The van der Waals surface area contributed by atoms with E-state index < -0.39 is 0 Å². The Morgan fingerprint density at radius 3 is 2.00 bits per heavy atom. The molecule has 0 heteroatoms. The largest absolute Gasteiger partial charge is 0.0854 e. The van der Waals surface area contributed by atoms with E-state index in [-0.39, 0.29) is 0 Å². The van der Waals surface area contributed by atoms with E-state index in [1.807, 2.05) is 0 Å². The van der Waals surface area contributed by atoms with Gasteiger partial charge in [-0.1, -0.05) is 65.5 Å². The number of rotatable bonds is 9. The molecule has 0 saturated heterocycles. The van der Waals surface area contributed by atoms with Crippen LogP contribution in [0.1, 0.15) is 72.6 Å². The molecule has 0 aromatic carbocycles. The van der Waals surface area contributed by atoms with Crippen LogP contribution in [0.15, 0.2) is 12.2 Å². The smallest absolute Gasteiger partial charge is 0.0234 e. The SMILES string of the molecule is CCCCC(C=CC(C)CCC)CCC. The van der Waals surface area contributed by atoms with Crippen molar-refractivity contribution in [3.8, 4) is 0 Å². The number of unbranched alkanes of at least 4 members (excludes halogenated alkanes) is 1. The highest BCUT2D eigenvalue weighted by Crippen LogP contribution is 2.18. The van der Waals surface area contributed by atoms with Gasteiger partial charge in [-0.25, -0.2) is 0 Å². The van der Waals surface area contributed by atoms with Gasteiger partial charge in [0.2, 0.25) is 0 Å². The van der Waals surface area contributed by atoms with E-state index >= 15 is 0 Å². The van der Waals surface area contributed by atoms with Crippen LogP contribution in [-0.2, 0) is 0 Å². The first-order valence-electron chi connectivity index (χ1n) is 6.92. The lowest BCUT2D eigenvalue weighted by Crippen LogP contribution is -1.97. The molecule has 0 radical (unpaired) electrons. The van der Waals surface area contributed by atoms with Gasteiger partial charge in [0.15, 0.2) is 0 Å². The van der Waals surface area contributed by atoms with Gasteiger partial charge in [0.1, 0.15) is 0 Å². The molecule has 2 atom stereocenters. The third-order valence-corrected chi connectivity index (χ3v) is 3.04. The van der Waals surface area contributed by atoms with Crippen molar-refractivity contribution in [1.82, 2.24) is 0 Å². The second kappa shape index (κ2) is 10.3. The lowest BCUT2D eigenvalue weighted by molar-refractivity contribution is 0.506. The molecule has 0 aromatic heterocycles. The molecule has 0 amide bonds. The Hall–Kier alpha value is -0.260. The number of hydrogen-bond donors (Lipinski definition) is 0. The van der Waals surface area contributed by atoms with Gasteiger partial charge in [0.25, 0.3) is 0 Å². The fraction of sp³-hybridized carbons (Fsp3) is 0.867. The van der Waals surface area contributed by atoms with E-state index in [1.165, 1.54) is 44.9 Å². The summed E-state index contributed by atoms with van der Waals surface area (Å²) >= 11 is 0. The average molecular weight is 210 g/mol. The fourth-order valence-electron chi connectivity index (χ4n) is 2.07. The zero-order valence-electron chi connectivity index (χ0n) is 11.3. The van der Waals surface area contributed by atoms with Gasteiger partial charge >= 0.3 is 0 Å². The molecule has 0 bridgehead atoms. The van der Waals surface area contributed by atoms with Crippen LogP contribution in [0.2, 0.25) is 0 Å². The van der Waals surface area contributed by atoms with Gasteiger partial charge in [-0.05, 0) is 31.1 Å². The maximum absolute atomic E-state index is 2.49. The fourth-order valence-corrected chi connectivity index (χ4v) is 2.07. The molecule has 0 fully saturated rings. The van der Waals surface area contributed by atoms with Crippen molar-refractivity contribution in [2.24, 2.45) is 11.8 Å². The maximum Gasteiger partial charge on any atom is -0.0234 e. The zero-order chi connectivity index (χ0) is 11.5. The monoisotopic (exact) mass is 210 g/mol. The van der Waals surface area contributed by atoms with E-state index in [0.717, 1.165) is 11.8 Å². The normalized spacial score (nSPS) is 15.7. The van der Waals surface area contributed by atoms with Crippen molar-refractivity contribution in [3.05, 3.63) is 12.2 Å². The second-order valence-electron chi connectivity index (χ2n) is 4.84. The highest BCUT2D eigenvalue weighted by Gasteiger charge is 2.03. The van der Waals surface area contributed by atoms with Crippen LogP contribution in [0.25, 0.3) is 0 Å². The Morgan fingerprint density at radius 1 is 0.800 bits per heavy atom. The number of hydrogen-bond acceptors (Lipinski definition) is 0. The van der Waals surface area contributed by atoms with Gasteiger partial charge < -0.3 is 0 Å². The van der Waals surface area contributed by atoms with Crippen LogP contribution >= 0.6 is 0 Å². The van der Waals surface area contributed by atoms with E-state index in [1.54, 1.807) is 0 Å². The topological polar surface area (TPSA) is 0 Å². The molecule has 0 aliphatic carbocycles. The zero-order valence-corrected chi connectivity index (χ0v) is 11.3. The van der Waals surface area contributed by atoms with Gasteiger partial charge in [-0.2, -0.15) is 0 Å². The van der Waals surface area contributed by atoms with Gasteiger partial charge in [0, 0.05) is 0 Å². The standard InChI is InChI=1S/C15H30/c1-5-8-11-15(10-7-3)13-12-14(4)9-6-2/h12-15H,5-11H2,1-4H3. The molecule has 2 unspecified atom stereocenters. The quantitative estimate of drug-likeness (QED) is 0.435. The van der Waals surface area contributed by atoms with E-state index in [2.05, 4.69) is 39.8 Å². The first-order chi connectivity index (χ1) is 7.24.